The quantitative estimate of drug-likeness (QED) is 0.582. The molecule has 0 aliphatic carbocycles. The number of nitrogens with one attached hydrogen (secondary N) is 1. The smallest absolute Gasteiger partial charge is 0.285 e. The zero-order valence-electron chi connectivity index (χ0n) is 12.0. The second kappa shape index (κ2) is 7.42. The first-order chi connectivity index (χ1) is 10.9. The monoisotopic (exact) mass is 397 g/mol. The van der Waals surface area contributed by atoms with Crippen LogP contribution in [0.15, 0.2) is 33.2 Å². The molecule has 120 valence electrons. The van der Waals surface area contributed by atoms with Crippen molar-refractivity contribution >= 4 is 56.7 Å². The number of methoxy groups -OCH3 is 1. The fourth-order valence-corrected chi connectivity index (χ4v) is 2.87. The lowest BCUT2D eigenvalue weighted by Gasteiger charge is -2.13. The Hall–Kier alpha value is -2.13. The minimum atomic E-state index is -0.673. The highest BCUT2D eigenvalue weighted by Gasteiger charge is 2.25. The summed E-state index contributed by atoms with van der Waals surface area (Å²) in [5.41, 5.74) is 5.55. The molecule has 0 saturated carbocycles. The van der Waals surface area contributed by atoms with E-state index in [1.54, 1.807) is 18.2 Å². The lowest BCUT2D eigenvalue weighted by Crippen LogP contribution is -2.37. The molecule has 23 heavy (non-hydrogen) atoms. The number of thioether (sulfide) groups is 1. The molecule has 0 radical (unpaired) electrons. The van der Waals surface area contributed by atoms with E-state index in [1.165, 1.54) is 13.2 Å². The van der Waals surface area contributed by atoms with E-state index in [0.29, 0.717) is 15.8 Å². The van der Waals surface area contributed by atoms with E-state index in [0.717, 1.165) is 11.8 Å². The number of benzene rings is 1. The van der Waals surface area contributed by atoms with Crippen molar-refractivity contribution in [2.45, 2.75) is 0 Å². The van der Waals surface area contributed by atoms with Crippen molar-refractivity contribution in [3.8, 4) is 5.75 Å². The molecule has 7 nitrogen and oxygen atoms in total. The Morgan fingerprint density at radius 1 is 1.48 bits per heavy atom. The SMILES string of the molecule is COc1ccc(C=C2C(=O)N=C(SCC(N)=O)NC2=O)cc1Br. The number of nitrogens with two attached hydrogens (primary N) is 1. The lowest BCUT2D eigenvalue weighted by atomic mass is 10.1. The molecule has 3 N–H and O–H groups in total. The summed E-state index contributed by atoms with van der Waals surface area (Å²) in [6.45, 7) is 0. The summed E-state index contributed by atoms with van der Waals surface area (Å²) in [4.78, 5) is 38.5. The van der Waals surface area contributed by atoms with E-state index in [4.69, 9.17) is 10.5 Å². The van der Waals surface area contributed by atoms with Crippen LogP contribution >= 0.6 is 27.7 Å². The van der Waals surface area contributed by atoms with Crippen molar-refractivity contribution in [1.82, 2.24) is 5.32 Å². The highest BCUT2D eigenvalue weighted by Crippen LogP contribution is 2.26. The van der Waals surface area contributed by atoms with Crippen LogP contribution in [0.1, 0.15) is 5.56 Å². The van der Waals surface area contributed by atoms with Gasteiger partial charge < -0.3 is 15.8 Å². The minimum absolute atomic E-state index is 0.0619. The first kappa shape index (κ1) is 17.2. The molecule has 0 aromatic heterocycles. The predicted molar refractivity (Wildman–Crippen MR) is 90.9 cm³/mol. The first-order valence-electron chi connectivity index (χ1n) is 6.31. The van der Waals surface area contributed by atoms with Crippen molar-refractivity contribution in [2.75, 3.05) is 12.9 Å². The summed E-state index contributed by atoms with van der Waals surface area (Å²) in [7, 11) is 1.54. The summed E-state index contributed by atoms with van der Waals surface area (Å²) in [5.74, 6) is -1.26. The van der Waals surface area contributed by atoms with Crippen LogP contribution in [-0.2, 0) is 14.4 Å². The lowest BCUT2D eigenvalue weighted by molar-refractivity contribution is -0.122. The standard InChI is InChI=1S/C14H12BrN3O4S/c1-22-10-3-2-7(5-9(10)15)4-8-12(20)17-14(18-13(8)21)23-6-11(16)19/h2-5H,6H2,1H3,(H2,16,19)(H,17,18,20,21). The molecule has 1 aromatic carbocycles. The van der Waals surface area contributed by atoms with Gasteiger partial charge in [-0.05, 0) is 39.7 Å². The van der Waals surface area contributed by atoms with Crippen LogP contribution in [0.25, 0.3) is 6.08 Å². The zero-order valence-corrected chi connectivity index (χ0v) is 14.4. The predicted octanol–water partition coefficient (Wildman–Crippen LogP) is 1.07. The van der Waals surface area contributed by atoms with E-state index >= 15 is 0 Å². The maximum atomic E-state index is 12.0. The largest absolute Gasteiger partial charge is 0.496 e. The van der Waals surface area contributed by atoms with Gasteiger partial charge in [-0.1, -0.05) is 17.8 Å². The number of primary amides is 1. The van der Waals surface area contributed by atoms with Crippen molar-refractivity contribution in [1.29, 1.82) is 0 Å². The van der Waals surface area contributed by atoms with Gasteiger partial charge in [-0.2, -0.15) is 4.99 Å². The summed E-state index contributed by atoms with van der Waals surface area (Å²) in [5, 5.41) is 2.51. The third-order valence-corrected chi connectivity index (χ3v) is 4.25. The number of hydrogen-bond acceptors (Lipinski definition) is 5. The number of rotatable bonds is 4. The summed E-state index contributed by atoms with van der Waals surface area (Å²) in [6.07, 6.45) is 1.43. The summed E-state index contributed by atoms with van der Waals surface area (Å²) < 4.78 is 5.81. The van der Waals surface area contributed by atoms with Gasteiger partial charge in [0, 0.05) is 0 Å². The maximum Gasteiger partial charge on any atom is 0.285 e. The van der Waals surface area contributed by atoms with Crippen molar-refractivity contribution in [3.05, 3.63) is 33.8 Å². The molecule has 0 spiro atoms. The topological polar surface area (TPSA) is 111 Å². The zero-order chi connectivity index (χ0) is 17.0. The van der Waals surface area contributed by atoms with Gasteiger partial charge in [0.15, 0.2) is 5.17 Å². The van der Waals surface area contributed by atoms with Crippen LogP contribution in [0.4, 0.5) is 0 Å². The van der Waals surface area contributed by atoms with Crippen LogP contribution in [0.2, 0.25) is 0 Å². The molecular formula is C14H12BrN3O4S. The second-order valence-electron chi connectivity index (χ2n) is 4.38. The molecular weight excluding hydrogens is 386 g/mol. The number of nitrogens with zero attached hydrogens (tertiary/aromatic N) is 1. The molecule has 1 heterocycles. The summed E-state index contributed by atoms with van der Waals surface area (Å²) in [6, 6.07) is 5.13. The van der Waals surface area contributed by atoms with E-state index in [2.05, 4.69) is 26.2 Å². The normalized spacial score (nSPS) is 16.1. The molecule has 0 bridgehead atoms. The average molecular weight is 398 g/mol. The molecule has 3 amide bonds. The van der Waals surface area contributed by atoms with E-state index in [9.17, 15) is 14.4 Å². The summed E-state index contributed by atoms with van der Waals surface area (Å²) >= 11 is 4.23. The fraction of sp³-hybridized carbons (Fsp3) is 0.143. The van der Waals surface area contributed by atoms with E-state index < -0.39 is 17.7 Å². The average Bonchev–Trinajstić information content (AvgIpc) is 2.49. The van der Waals surface area contributed by atoms with Gasteiger partial charge in [0.1, 0.15) is 11.3 Å². The van der Waals surface area contributed by atoms with E-state index in [-0.39, 0.29) is 16.5 Å². The van der Waals surface area contributed by atoms with Crippen molar-refractivity contribution in [2.24, 2.45) is 10.7 Å². The number of amides is 3. The molecule has 0 unspecified atom stereocenters. The maximum absolute atomic E-state index is 12.0. The van der Waals surface area contributed by atoms with Gasteiger partial charge in [-0.25, -0.2) is 0 Å². The Morgan fingerprint density at radius 3 is 2.78 bits per heavy atom. The Balaban J connectivity index is 2.23. The Morgan fingerprint density at radius 2 is 2.22 bits per heavy atom. The third kappa shape index (κ3) is 4.42. The highest BCUT2D eigenvalue weighted by atomic mass is 79.9. The number of halogens is 1. The molecule has 0 atom stereocenters. The Kier molecular flexibility index (Phi) is 5.56. The van der Waals surface area contributed by atoms with E-state index in [1.807, 2.05) is 0 Å². The van der Waals surface area contributed by atoms with Crippen LogP contribution in [0.5, 0.6) is 5.75 Å². The molecule has 0 saturated heterocycles. The molecule has 1 aliphatic rings. The number of aliphatic imine (C=N–C) groups is 1. The number of hydrogen-bond donors (Lipinski definition) is 2. The van der Waals surface area contributed by atoms with Gasteiger partial charge in [0.2, 0.25) is 5.91 Å². The van der Waals surface area contributed by atoms with Crippen molar-refractivity contribution < 1.29 is 19.1 Å². The number of carbonyl (C=O) groups is 3. The number of amidine groups is 1. The van der Waals surface area contributed by atoms with Gasteiger partial charge in [0.25, 0.3) is 11.8 Å². The fourth-order valence-electron chi connectivity index (χ4n) is 1.72. The number of ether oxygens (including phenoxy) is 1. The highest BCUT2D eigenvalue weighted by molar-refractivity contribution is 9.10. The van der Waals surface area contributed by atoms with Crippen LogP contribution in [-0.4, -0.2) is 35.8 Å². The van der Waals surface area contributed by atoms with Crippen LogP contribution in [0, 0.1) is 0 Å². The van der Waals surface area contributed by atoms with Gasteiger partial charge >= 0.3 is 0 Å². The molecule has 0 fully saturated rings. The van der Waals surface area contributed by atoms with Gasteiger partial charge in [-0.15, -0.1) is 0 Å². The molecule has 9 heteroatoms. The first-order valence-corrected chi connectivity index (χ1v) is 8.09. The minimum Gasteiger partial charge on any atom is -0.496 e. The molecule has 2 rings (SSSR count). The second-order valence-corrected chi connectivity index (χ2v) is 6.20. The van der Waals surface area contributed by atoms with Crippen molar-refractivity contribution in [3.63, 3.8) is 0 Å². The molecule has 1 aliphatic heterocycles. The van der Waals surface area contributed by atoms with Crippen LogP contribution in [0.3, 0.4) is 0 Å². The molecule has 1 aromatic rings. The third-order valence-electron chi connectivity index (χ3n) is 2.74. The van der Waals surface area contributed by atoms with Gasteiger partial charge in [-0.3, -0.25) is 14.4 Å². The Labute approximate surface area is 144 Å². The number of carbonyl (C=O) groups excluding carboxylic acids is 3. The van der Waals surface area contributed by atoms with Crippen LogP contribution < -0.4 is 15.8 Å². The Bertz CT molecular complexity index is 746. The van der Waals surface area contributed by atoms with Gasteiger partial charge in [0.05, 0.1) is 17.3 Å².